The molecule has 1 aromatic rings. The maximum absolute atomic E-state index is 11.9. The molecule has 5 nitrogen and oxygen atoms in total. The summed E-state index contributed by atoms with van der Waals surface area (Å²) >= 11 is 1.58. The van der Waals surface area contributed by atoms with Crippen LogP contribution in [0.25, 0.3) is 0 Å². The molecule has 1 aromatic heterocycles. The first kappa shape index (κ1) is 19.6. The second-order valence-electron chi connectivity index (χ2n) is 4.33. The van der Waals surface area contributed by atoms with Crippen molar-refractivity contribution in [1.29, 1.82) is 0 Å². The number of halogens is 2. The Labute approximate surface area is 135 Å². The molecule has 2 heterocycles. The third kappa shape index (κ3) is 5.93. The van der Waals surface area contributed by atoms with Crippen LogP contribution in [0.2, 0.25) is 0 Å². The molecule has 0 saturated carbocycles. The molecule has 1 amide bonds. The number of rotatable bonds is 5. The third-order valence-electron chi connectivity index (χ3n) is 2.92. The minimum Gasteiger partial charge on any atom is -0.378 e. The average molecular weight is 342 g/mol. The molecule has 2 unspecified atom stereocenters. The van der Waals surface area contributed by atoms with Crippen molar-refractivity contribution < 1.29 is 9.53 Å². The lowest BCUT2D eigenvalue weighted by Gasteiger charge is -2.24. The van der Waals surface area contributed by atoms with Crippen molar-refractivity contribution in [3.05, 3.63) is 16.6 Å². The highest BCUT2D eigenvalue weighted by Gasteiger charge is 2.20. The maximum Gasteiger partial charge on any atom is 0.222 e. The van der Waals surface area contributed by atoms with Crippen molar-refractivity contribution in [2.45, 2.75) is 31.8 Å². The van der Waals surface area contributed by atoms with Gasteiger partial charge in [-0.2, -0.15) is 0 Å². The molecule has 2 N–H and O–H groups in total. The van der Waals surface area contributed by atoms with Crippen LogP contribution in [0.1, 0.15) is 30.8 Å². The Morgan fingerprint density at radius 3 is 3.00 bits per heavy atom. The second-order valence-corrected chi connectivity index (χ2v) is 5.25. The van der Waals surface area contributed by atoms with E-state index in [0.29, 0.717) is 13.0 Å². The number of nitrogens with one attached hydrogen (secondary N) is 2. The Morgan fingerprint density at radius 2 is 2.45 bits per heavy atom. The van der Waals surface area contributed by atoms with Gasteiger partial charge in [0.25, 0.3) is 0 Å². The van der Waals surface area contributed by atoms with E-state index < -0.39 is 0 Å². The van der Waals surface area contributed by atoms with Gasteiger partial charge in [0.15, 0.2) is 0 Å². The Morgan fingerprint density at radius 1 is 1.65 bits per heavy atom. The molecule has 0 aliphatic carbocycles. The van der Waals surface area contributed by atoms with E-state index in [2.05, 4.69) is 15.6 Å². The number of carbonyl (C=O) groups is 1. The molecule has 0 radical (unpaired) electrons. The molecule has 1 aliphatic heterocycles. The Bertz CT molecular complexity index is 373. The Balaban J connectivity index is 0.00000180. The van der Waals surface area contributed by atoms with E-state index in [4.69, 9.17) is 4.74 Å². The minimum absolute atomic E-state index is 0. The topological polar surface area (TPSA) is 63.2 Å². The van der Waals surface area contributed by atoms with E-state index >= 15 is 0 Å². The van der Waals surface area contributed by atoms with E-state index in [9.17, 15) is 4.79 Å². The number of hydrogen-bond donors (Lipinski definition) is 2. The van der Waals surface area contributed by atoms with Gasteiger partial charge in [-0.3, -0.25) is 4.79 Å². The zero-order chi connectivity index (χ0) is 12.8. The van der Waals surface area contributed by atoms with Crippen molar-refractivity contribution in [1.82, 2.24) is 15.6 Å². The predicted molar refractivity (Wildman–Crippen MR) is 85.0 cm³/mol. The number of thiazole rings is 1. The van der Waals surface area contributed by atoms with Gasteiger partial charge >= 0.3 is 0 Å². The number of aromatic nitrogens is 1. The number of ether oxygens (including phenoxy) is 1. The zero-order valence-electron chi connectivity index (χ0n) is 11.3. The van der Waals surface area contributed by atoms with Crippen LogP contribution in [0.3, 0.4) is 0 Å². The van der Waals surface area contributed by atoms with Crippen molar-refractivity contribution in [3.63, 3.8) is 0 Å². The van der Waals surface area contributed by atoms with Gasteiger partial charge in [0, 0.05) is 30.6 Å². The van der Waals surface area contributed by atoms with Crippen LogP contribution < -0.4 is 10.6 Å². The van der Waals surface area contributed by atoms with Crippen LogP contribution in [0.4, 0.5) is 0 Å². The van der Waals surface area contributed by atoms with Crippen LogP contribution in [0.5, 0.6) is 0 Å². The van der Waals surface area contributed by atoms with Gasteiger partial charge in [-0.05, 0) is 6.42 Å². The molecule has 2 rings (SSSR count). The van der Waals surface area contributed by atoms with Crippen LogP contribution in [-0.2, 0) is 9.53 Å². The largest absolute Gasteiger partial charge is 0.378 e. The summed E-state index contributed by atoms with van der Waals surface area (Å²) in [6.45, 7) is 4.21. The lowest BCUT2D eigenvalue weighted by atomic mass is 10.1. The second kappa shape index (κ2) is 10.3. The highest BCUT2D eigenvalue weighted by atomic mass is 35.5. The number of amides is 1. The summed E-state index contributed by atoms with van der Waals surface area (Å²) in [5, 5.41) is 9.21. The molecule has 1 fully saturated rings. The van der Waals surface area contributed by atoms with Crippen molar-refractivity contribution in [2.24, 2.45) is 0 Å². The third-order valence-corrected chi connectivity index (χ3v) is 3.81. The molecule has 2 atom stereocenters. The summed E-state index contributed by atoms with van der Waals surface area (Å²) in [5.41, 5.74) is 0. The van der Waals surface area contributed by atoms with E-state index in [1.54, 1.807) is 17.5 Å². The lowest BCUT2D eigenvalue weighted by Crippen LogP contribution is -2.44. The maximum atomic E-state index is 11.9. The lowest BCUT2D eigenvalue weighted by molar-refractivity contribution is -0.123. The van der Waals surface area contributed by atoms with E-state index in [-0.39, 0.29) is 42.8 Å². The summed E-state index contributed by atoms with van der Waals surface area (Å²) in [7, 11) is 0. The van der Waals surface area contributed by atoms with Crippen molar-refractivity contribution >= 4 is 42.1 Å². The number of hydrogen-bond acceptors (Lipinski definition) is 5. The zero-order valence-corrected chi connectivity index (χ0v) is 13.8. The molecule has 0 bridgehead atoms. The minimum atomic E-state index is 0. The van der Waals surface area contributed by atoms with Gasteiger partial charge in [0.1, 0.15) is 5.01 Å². The fraction of sp³-hybridized carbons (Fsp3) is 0.667. The summed E-state index contributed by atoms with van der Waals surface area (Å²) in [6, 6.07) is 0.162. The molecular weight excluding hydrogens is 321 g/mol. The Hall–Kier alpha value is -0.400. The quantitative estimate of drug-likeness (QED) is 0.858. The number of carbonyl (C=O) groups excluding carboxylic acids is 1. The molecule has 116 valence electrons. The van der Waals surface area contributed by atoms with Crippen LogP contribution in [-0.4, -0.2) is 36.7 Å². The fourth-order valence-electron chi connectivity index (χ4n) is 1.97. The van der Waals surface area contributed by atoms with Crippen LogP contribution >= 0.6 is 36.2 Å². The van der Waals surface area contributed by atoms with E-state index in [1.807, 2.05) is 12.3 Å². The standard InChI is InChI=1S/C12H19N3O2S.2ClH/c1-2-10(12-14-4-6-18-12)15-11(16)7-9-8-17-5-3-13-9;;/h4,6,9-10,13H,2-3,5,7-8H2,1H3,(H,15,16);2*1H. The summed E-state index contributed by atoms with van der Waals surface area (Å²) in [5.74, 6) is 0.0556. The van der Waals surface area contributed by atoms with Gasteiger partial charge in [-0.1, -0.05) is 6.92 Å². The van der Waals surface area contributed by atoms with Gasteiger partial charge in [0.05, 0.1) is 19.3 Å². The van der Waals surface area contributed by atoms with Gasteiger partial charge in [-0.25, -0.2) is 4.98 Å². The van der Waals surface area contributed by atoms with Crippen LogP contribution in [0.15, 0.2) is 11.6 Å². The predicted octanol–water partition coefficient (Wildman–Crippen LogP) is 1.93. The summed E-state index contributed by atoms with van der Waals surface area (Å²) in [6.07, 6.45) is 3.08. The van der Waals surface area contributed by atoms with Crippen molar-refractivity contribution in [2.75, 3.05) is 19.8 Å². The molecule has 1 aliphatic rings. The monoisotopic (exact) mass is 341 g/mol. The number of nitrogens with zero attached hydrogens (tertiary/aromatic N) is 1. The average Bonchev–Trinajstić information content (AvgIpc) is 2.91. The first-order chi connectivity index (χ1) is 8.79. The molecule has 8 heteroatoms. The summed E-state index contributed by atoms with van der Waals surface area (Å²) in [4.78, 5) is 16.2. The first-order valence-corrected chi connectivity index (χ1v) is 7.17. The van der Waals surface area contributed by atoms with Crippen LogP contribution in [0, 0.1) is 0 Å². The highest BCUT2D eigenvalue weighted by molar-refractivity contribution is 7.09. The molecule has 1 saturated heterocycles. The molecule has 20 heavy (non-hydrogen) atoms. The fourth-order valence-corrected chi connectivity index (χ4v) is 2.75. The Kier molecular flexibility index (Phi) is 10.1. The molecule has 0 aromatic carbocycles. The molecular formula is C12H21Cl2N3O2S. The summed E-state index contributed by atoms with van der Waals surface area (Å²) < 4.78 is 5.33. The normalized spacial score (nSPS) is 19.4. The highest BCUT2D eigenvalue weighted by Crippen LogP contribution is 2.18. The van der Waals surface area contributed by atoms with E-state index in [0.717, 1.165) is 24.6 Å². The van der Waals surface area contributed by atoms with Gasteiger partial charge < -0.3 is 15.4 Å². The molecule has 0 spiro atoms. The smallest absolute Gasteiger partial charge is 0.222 e. The SMILES string of the molecule is CCC(NC(=O)CC1COCCN1)c1nccs1.Cl.Cl. The van der Waals surface area contributed by atoms with Gasteiger partial charge in [-0.15, -0.1) is 36.2 Å². The number of morpholine rings is 1. The van der Waals surface area contributed by atoms with E-state index in [1.165, 1.54) is 0 Å². The first-order valence-electron chi connectivity index (χ1n) is 6.29. The van der Waals surface area contributed by atoms with Gasteiger partial charge in [0.2, 0.25) is 5.91 Å². The van der Waals surface area contributed by atoms with Crippen molar-refractivity contribution in [3.8, 4) is 0 Å².